The fraction of sp³-hybridized carbons (Fsp3) is 0.0769. The number of hydrogen-bond donors (Lipinski definition) is 0. The Morgan fingerprint density at radius 3 is 1.29 bits per heavy atom. The first-order valence-electron chi connectivity index (χ1n) is 15.5. The molecule has 0 aliphatic heterocycles. The van der Waals surface area contributed by atoms with Gasteiger partial charge in [-0.1, -0.05) is 12.1 Å². The number of nitrogens with zero attached hydrogens (tertiary/aromatic N) is 7. The second-order valence-electron chi connectivity index (χ2n) is 12.5. The number of carbonyl (C=O) groups excluding carboxylic acids is 4. The molecule has 9 rings (SSSR count). The molecular weight excluding hydrogens is 695 g/mol. The van der Waals surface area contributed by atoms with Crippen LogP contribution in [0.3, 0.4) is 0 Å². The van der Waals surface area contributed by atoms with E-state index in [1.54, 1.807) is 34.8 Å². The third-order valence-corrected chi connectivity index (χ3v) is 12.3. The summed E-state index contributed by atoms with van der Waals surface area (Å²) in [5, 5.41) is 18.9. The number of nitriles is 2. The molecule has 0 radical (unpaired) electrons. The predicted octanol–water partition coefficient (Wildman–Crippen LogP) is 8.21. The Morgan fingerprint density at radius 2 is 0.942 bits per heavy atom. The Balaban J connectivity index is 1.14. The summed E-state index contributed by atoms with van der Waals surface area (Å²) in [6.07, 6.45) is 3.14. The number of hydrogen-bond acceptors (Lipinski definition) is 8. The van der Waals surface area contributed by atoms with Crippen LogP contribution in [0, 0.1) is 35.8 Å². The zero-order valence-corrected chi connectivity index (χ0v) is 28.8. The Morgan fingerprint density at radius 1 is 0.577 bits per heavy atom. The van der Waals surface area contributed by atoms with E-state index in [1.807, 2.05) is 54.5 Å². The summed E-state index contributed by atoms with van der Waals surface area (Å²) >= 11 is 3.21. The van der Waals surface area contributed by atoms with E-state index in [1.165, 1.54) is 24.3 Å². The highest BCUT2D eigenvalue weighted by Gasteiger charge is 2.36. The summed E-state index contributed by atoms with van der Waals surface area (Å²) in [6.45, 7) is 14.7. The van der Waals surface area contributed by atoms with Gasteiger partial charge in [0.05, 0.1) is 76.3 Å². The summed E-state index contributed by atoms with van der Waals surface area (Å²) in [5.41, 5.74) is 5.71. The van der Waals surface area contributed by atoms with Crippen LogP contribution in [-0.2, 0) is 21.1 Å². The molecular formula is C39H17N7O4S2. The highest BCUT2D eigenvalue weighted by Crippen LogP contribution is 2.48. The molecule has 2 aromatic carbocycles. The largest absolute Gasteiger partial charge is 0.342 e. The normalized spacial score (nSPS) is 13.7. The number of carbonyl (C=O) groups is 4. The smallest absolute Gasteiger partial charge is 0.197 e. The van der Waals surface area contributed by atoms with E-state index in [0.29, 0.717) is 11.4 Å². The molecule has 5 aromatic heterocycles. The SMILES string of the molecule is [C-]#[N+]c1cc2c(cc1[N+]#[C-])C(=O)C(=Cc1cc3sc4c5sc6cc(C=C7C(=O)c8cc(C#N)c(C#N)cc8C7=O)n(C)c6c5n(C)c4c3n1C)C2=O. The van der Waals surface area contributed by atoms with Gasteiger partial charge in [-0.15, -0.1) is 22.7 Å². The van der Waals surface area contributed by atoms with Crippen LogP contribution >= 0.6 is 22.7 Å². The van der Waals surface area contributed by atoms with Gasteiger partial charge in [-0.3, -0.25) is 28.9 Å². The minimum absolute atomic E-state index is 0.0177. The van der Waals surface area contributed by atoms with Gasteiger partial charge in [0.25, 0.3) is 0 Å². The first-order valence-corrected chi connectivity index (χ1v) is 17.2. The number of thiophene rings is 2. The summed E-state index contributed by atoms with van der Waals surface area (Å²) in [7, 11) is 5.73. The number of aromatic nitrogens is 3. The highest BCUT2D eigenvalue weighted by atomic mass is 32.1. The zero-order valence-electron chi connectivity index (χ0n) is 27.2. The van der Waals surface area contributed by atoms with Gasteiger partial charge in [0.1, 0.15) is 12.1 Å². The molecule has 0 amide bonds. The van der Waals surface area contributed by atoms with Crippen molar-refractivity contribution in [2.75, 3.05) is 0 Å². The molecule has 11 nitrogen and oxygen atoms in total. The van der Waals surface area contributed by atoms with Gasteiger partial charge in [0.2, 0.25) is 0 Å². The number of fused-ring (bicyclic) bond motifs is 9. The van der Waals surface area contributed by atoms with E-state index < -0.39 is 23.1 Å². The van der Waals surface area contributed by atoms with Crippen molar-refractivity contribution in [3.63, 3.8) is 0 Å². The second kappa shape index (κ2) is 10.4. The van der Waals surface area contributed by atoms with E-state index in [9.17, 15) is 29.7 Å². The van der Waals surface area contributed by atoms with Crippen LogP contribution in [0.25, 0.3) is 62.7 Å². The quantitative estimate of drug-likeness (QED) is 0.101. The van der Waals surface area contributed by atoms with Crippen molar-refractivity contribution in [1.29, 1.82) is 10.5 Å². The molecule has 0 spiro atoms. The fourth-order valence-corrected chi connectivity index (χ4v) is 10.1. The molecule has 0 bridgehead atoms. The number of Topliss-reactive ketones (excluding diaryl/α,β-unsaturated/α-hetero) is 4. The van der Waals surface area contributed by atoms with Crippen LogP contribution in [0.1, 0.15) is 63.9 Å². The maximum absolute atomic E-state index is 13.4. The molecule has 52 heavy (non-hydrogen) atoms. The fourth-order valence-electron chi connectivity index (χ4n) is 7.38. The van der Waals surface area contributed by atoms with E-state index >= 15 is 0 Å². The van der Waals surface area contributed by atoms with E-state index in [4.69, 9.17) is 13.1 Å². The van der Waals surface area contributed by atoms with Crippen molar-refractivity contribution in [3.05, 3.63) is 115 Å². The molecule has 0 N–H and O–H groups in total. The maximum atomic E-state index is 13.4. The minimum Gasteiger partial charge on any atom is -0.342 e. The first-order chi connectivity index (χ1) is 25.0. The lowest BCUT2D eigenvalue weighted by molar-refractivity contribution is 0.0975. The third-order valence-electron chi connectivity index (χ3n) is 9.95. The number of benzene rings is 2. The molecule has 2 aliphatic carbocycles. The number of rotatable bonds is 2. The van der Waals surface area contributed by atoms with Crippen LogP contribution in [0.4, 0.5) is 11.4 Å². The average Bonchev–Trinajstić information content (AvgIpc) is 3.98. The lowest BCUT2D eigenvalue weighted by atomic mass is 10.0. The summed E-state index contributed by atoms with van der Waals surface area (Å²) in [4.78, 5) is 60.1. The van der Waals surface area contributed by atoms with Crippen LogP contribution in [0.15, 0.2) is 47.5 Å². The lowest BCUT2D eigenvalue weighted by Crippen LogP contribution is -2.02. The zero-order chi connectivity index (χ0) is 36.5. The van der Waals surface area contributed by atoms with Crippen LogP contribution in [0.2, 0.25) is 0 Å². The monoisotopic (exact) mass is 711 g/mol. The molecule has 13 heteroatoms. The topological polar surface area (TPSA) is 139 Å². The minimum atomic E-state index is -0.488. The van der Waals surface area contributed by atoms with Crippen molar-refractivity contribution < 1.29 is 19.2 Å². The van der Waals surface area contributed by atoms with Gasteiger partial charge in [0.15, 0.2) is 34.5 Å². The van der Waals surface area contributed by atoms with Gasteiger partial charge >= 0.3 is 0 Å². The molecule has 0 fully saturated rings. The van der Waals surface area contributed by atoms with E-state index in [2.05, 4.69) is 14.3 Å². The van der Waals surface area contributed by atoms with Gasteiger partial charge in [0, 0.05) is 54.8 Å². The Bertz CT molecular complexity index is 2910. The summed E-state index contributed by atoms with van der Waals surface area (Å²) < 4.78 is 10.1. The van der Waals surface area contributed by atoms with Gasteiger partial charge < -0.3 is 13.7 Å². The van der Waals surface area contributed by atoms with Gasteiger partial charge in [-0.25, -0.2) is 0 Å². The van der Waals surface area contributed by atoms with E-state index in [-0.39, 0.29) is 55.9 Å². The van der Waals surface area contributed by atoms with Crippen LogP contribution in [0.5, 0.6) is 0 Å². The number of aryl methyl sites for hydroxylation is 3. The Labute approximate surface area is 301 Å². The van der Waals surface area contributed by atoms with Gasteiger partial charge in [-0.2, -0.15) is 10.5 Å². The first kappa shape index (κ1) is 30.9. The standard InChI is InChI=1S/C39H17N7O4S2/c1-42-26-12-22-23(13-27(26)43-2)37(50)25(36(22)49)9-19-11-29-31(45(19)4)33-39(52-29)38-32(46(33)5)30-28(51-38)10-18(44(30)3)8-24-34(47)20-6-16(14-40)17(15-41)7-21(20)35(24)48/h6-13H,3-5H3. The second-order valence-corrected chi connectivity index (χ2v) is 14.6. The number of ketones is 4. The molecule has 7 aromatic rings. The average molecular weight is 712 g/mol. The summed E-state index contributed by atoms with van der Waals surface area (Å²) in [5.74, 6) is -1.93. The molecule has 0 atom stereocenters. The molecule has 0 saturated carbocycles. The number of allylic oxidation sites excluding steroid dienone is 2. The highest BCUT2D eigenvalue weighted by molar-refractivity contribution is 7.33. The van der Waals surface area contributed by atoms with Crippen molar-refractivity contribution >= 4 is 110 Å². The Hall–Kier alpha value is -7.16. The molecule has 244 valence electrons. The summed E-state index contributed by atoms with van der Waals surface area (Å²) in [6, 6.07) is 13.0. The molecule has 0 unspecified atom stereocenters. The molecule has 5 heterocycles. The van der Waals surface area contributed by atoms with Gasteiger partial charge in [-0.05, 0) is 36.4 Å². The van der Waals surface area contributed by atoms with Crippen molar-refractivity contribution in [1.82, 2.24) is 13.7 Å². The lowest BCUT2D eigenvalue weighted by Gasteiger charge is -2.04. The van der Waals surface area contributed by atoms with E-state index in [0.717, 1.165) is 40.9 Å². The molecule has 0 saturated heterocycles. The van der Waals surface area contributed by atoms with Crippen molar-refractivity contribution in [2.24, 2.45) is 21.1 Å². The Kier molecular flexibility index (Phi) is 6.19. The van der Waals surface area contributed by atoms with Crippen LogP contribution < -0.4 is 0 Å². The van der Waals surface area contributed by atoms with Crippen molar-refractivity contribution in [2.45, 2.75) is 0 Å². The van der Waals surface area contributed by atoms with Crippen molar-refractivity contribution in [3.8, 4) is 12.1 Å². The van der Waals surface area contributed by atoms with Crippen LogP contribution in [-0.4, -0.2) is 36.8 Å². The molecule has 2 aliphatic rings. The predicted molar refractivity (Wildman–Crippen MR) is 197 cm³/mol. The third kappa shape index (κ3) is 3.78. The maximum Gasteiger partial charge on any atom is 0.197 e.